The molecule has 150 valence electrons. The summed E-state index contributed by atoms with van der Waals surface area (Å²) in [5.74, 6) is 0.993. The molecule has 0 spiro atoms. The van der Waals surface area contributed by atoms with Gasteiger partial charge in [0.25, 0.3) is 0 Å². The van der Waals surface area contributed by atoms with Gasteiger partial charge in [-0.1, -0.05) is 29.8 Å². The van der Waals surface area contributed by atoms with Crippen LogP contribution in [0.5, 0.6) is 0 Å². The first-order valence-corrected chi connectivity index (χ1v) is 9.61. The number of carbonyl (C=O) groups is 1. The molecule has 0 atom stereocenters. The van der Waals surface area contributed by atoms with Crippen molar-refractivity contribution in [2.45, 2.75) is 13.3 Å². The monoisotopic (exact) mass is 375 g/mol. The van der Waals surface area contributed by atoms with E-state index in [4.69, 9.17) is 4.74 Å². The number of piperazine rings is 1. The fourth-order valence-electron chi connectivity index (χ4n) is 3.07. The van der Waals surface area contributed by atoms with Crippen LogP contribution in [0.15, 0.2) is 29.3 Å². The fourth-order valence-corrected chi connectivity index (χ4v) is 3.07. The van der Waals surface area contributed by atoms with Crippen LogP contribution in [-0.4, -0.2) is 88.2 Å². The highest BCUT2D eigenvalue weighted by molar-refractivity contribution is 5.80. The number of methoxy groups -OCH3 is 1. The maximum absolute atomic E-state index is 11.9. The molecule has 0 aromatic heterocycles. The van der Waals surface area contributed by atoms with E-state index >= 15 is 0 Å². The van der Waals surface area contributed by atoms with Crippen LogP contribution in [0.4, 0.5) is 0 Å². The Kier molecular flexibility index (Phi) is 9.07. The number of guanidine groups is 1. The molecule has 7 nitrogen and oxygen atoms in total. The summed E-state index contributed by atoms with van der Waals surface area (Å²) in [6.07, 6.45) is 0.973. The Morgan fingerprint density at radius 2 is 1.81 bits per heavy atom. The van der Waals surface area contributed by atoms with E-state index in [9.17, 15) is 4.79 Å². The summed E-state index contributed by atoms with van der Waals surface area (Å²) in [5.41, 5.74) is 2.61. The number of aliphatic imine (C=N–C) groups is 1. The van der Waals surface area contributed by atoms with E-state index in [1.165, 1.54) is 11.1 Å². The Labute approximate surface area is 162 Å². The first-order valence-electron chi connectivity index (χ1n) is 9.61. The van der Waals surface area contributed by atoms with Crippen molar-refractivity contribution in [2.24, 2.45) is 4.99 Å². The third kappa shape index (κ3) is 7.56. The molecule has 1 aromatic carbocycles. The lowest BCUT2D eigenvalue weighted by Crippen LogP contribution is -2.54. The molecule has 0 unspecified atom stereocenters. The summed E-state index contributed by atoms with van der Waals surface area (Å²) < 4.78 is 4.95. The number of hydrogen-bond acceptors (Lipinski definition) is 4. The van der Waals surface area contributed by atoms with Gasteiger partial charge in [0.2, 0.25) is 5.91 Å². The van der Waals surface area contributed by atoms with E-state index in [0.29, 0.717) is 19.7 Å². The van der Waals surface area contributed by atoms with Crippen molar-refractivity contribution >= 4 is 11.9 Å². The van der Waals surface area contributed by atoms with Gasteiger partial charge >= 0.3 is 0 Å². The van der Waals surface area contributed by atoms with Crippen molar-refractivity contribution in [3.05, 3.63) is 35.4 Å². The molecule has 1 fully saturated rings. The van der Waals surface area contributed by atoms with Gasteiger partial charge in [-0.25, -0.2) is 0 Å². The second-order valence-electron chi connectivity index (χ2n) is 6.82. The summed E-state index contributed by atoms with van der Waals surface area (Å²) in [7, 11) is 3.46. The molecule has 27 heavy (non-hydrogen) atoms. The number of ether oxygens (including phenoxy) is 1. The molecule has 7 heteroatoms. The summed E-state index contributed by atoms with van der Waals surface area (Å²) in [4.78, 5) is 20.7. The highest BCUT2D eigenvalue weighted by Crippen LogP contribution is 2.04. The number of nitrogens with zero attached hydrogens (tertiary/aromatic N) is 3. The van der Waals surface area contributed by atoms with Crippen LogP contribution in [-0.2, 0) is 16.0 Å². The number of amides is 1. The molecule has 1 heterocycles. The van der Waals surface area contributed by atoms with E-state index < -0.39 is 0 Å². The molecule has 0 radical (unpaired) electrons. The summed E-state index contributed by atoms with van der Waals surface area (Å²) in [6.45, 7) is 7.97. The predicted octanol–water partition coefficient (Wildman–Crippen LogP) is 0.493. The van der Waals surface area contributed by atoms with Crippen molar-refractivity contribution in [1.82, 2.24) is 20.4 Å². The molecule has 0 bridgehead atoms. The van der Waals surface area contributed by atoms with E-state index in [1.54, 1.807) is 7.11 Å². The van der Waals surface area contributed by atoms with Crippen LogP contribution < -0.4 is 10.6 Å². The van der Waals surface area contributed by atoms with Crippen molar-refractivity contribution in [1.29, 1.82) is 0 Å². The highest BCUT2D eigenvalue weighted by atomic mass is 16.5. The Morgan fingerprint density at radius 1 is 1.11 bits per heavy atom. The lowest BCUT2D eigenvalue weighted by Gasteiger charge is -2.36. The van der Waals surface area contributed by atoms with Crippen LogP contribution in [0.1, 0.15) is 11.1 Å². The fraction of sp³-hybridized carbons (Fsp3) is 0.600. The molecule has 1 aromatic rings. The first-order chi connectivity index (χ1) is 13.1. The van der Waals surface area contributed by atoms with E-state index in [0.717, 1.165) is 45.1 Å². The van der Waals surface area contributed by atoms with Crippen LogP contribution in [0.25, 0.3) is 0 Å². The van der Waals surface area contributed by atoms with Gasteiger partial charge in [-0.2, -0.15) is 0 Å². The van der Waals surface area contributed by atoms with Crippen molar-refractivity contribution in [3.8, 4) is 0 Å². The number of benzene rings is 1. The highest BCUT2D eigenvalue weighted by Gasteiger charge is 2.20. The molecule has 0 saturated carbocycles. The summed E-state index contributed by atoms with van der Waals surface area (Å²) in [5, 5.41) is 6.32. The summed E-state index contributed by atoms with van der Waals surface area (Å²) >= 11 is 0. The van der Waals surface area contributed by atoms with Gasteiger partial charge in [0.15, 0.2) is 5.96 Å². The second kappa shape index (κ2) is 11.6. The zero-order chi connectivity index (χ0) is 19.5. The van der Waals surface area contributed by atoms with E-state index in [1.807, 2.05) is 7.05 Å². The minimum Gasteiger partial charge on any atom is -0.383 e. The molecule has 1 saturated heterocycles. The average molecular weight is 376 g/mol. The second-order valence-corrected chi connectivity index (χ2v) is 6.82. The maximum Gasteiger partial charge on any atom is 0.234 e. The SMILES string of the molecule is CN=C(NCCc1ccc(C)cc1)N1CCN(CC(=O)NCCOC)CC1. The van der Waals surface area contributed by atoms with Crippen LogP contribution in [0.3, 0.4) is 0 Å². The van der Waals surface area contributed by atoms with E-state index in [-0.39, 0.29) is 5.91 Å². The zero-order valence-electron chi connectivity index (χ0n) is 16.8. The third-order valence-electron chi connectivity index (χ3n) is 4.70. The Bertz CT molecular complexity index is 595. The largest absolute Gasteiger partial charge is 0.383 e. The molecule has 2 N–H and O–H groups in total. The van der Waals surface area contributed by atoms with Gasteiger partial charge in [-0.15, -0.1) is 0 Å². The Balaban J connectivity index is 1.68. The Hall–Kier alpha value is -2.12. The number of aryl methyl sites for hydroxylation is 1. The summed E-state index contributed by atoms with van der Waals surface area (Å²) in [6, 6.07) is 8.65. The minimum atomic E-state index is 0.0566. The van der Waals surface area contributed by atoms with Crippen molar-refractivity contribution < 1.29 is 9.53 Å². The quantitative estimate of drug-likeness (QED) is 0.393. The number of rotatable bonds is 8. The van der Waals surface area contributed by atoms with Crippen molar-refractivity contribution in [3.63, 3.8) is 0 Å². The molecule has 1 aliphatic rings. The lowest BCUT2D eigenvalue weighted by atomic mass is 10.1. The smallest absolute Gasteiger partial charge is 0.234 e. The number of carbonyl (C=O) groups excluding carboxylic acids is 1. The minimum absolute atomic E-state index is 0.0566. The maximum atomic E-state index is 11.9. The van der Waals surface area contributed by atoms with Crippen molar-refractivity contribution in [2.75, 3.05) is 66.6 Å². The number of hydrogen-bond donors (Lipinski definition) is 2. The van der Waals surface area contributed by atoms with Gasteiger partial charge in [0, 0.05) is 53.4 Å². The standard InChI is InChI=1S/C20H33N5O2/c1-17-4-6-18(7-5-17)8-9-23-20(21-2)25-13-11-24(12-14-25)16-19(26)22-10-15-27-3/h4-7H,8-16H2,1-3H3,(H,21,23)(H,22,26). The first kappa shape index (κ1) is 21.2. The van der Waals surface area contributed by atoms with Gasteiger partial charge < -0.3 is 20.3 Å². The number of nitrogens with one attached hydrogen (secondary N) is 2. The molecular weight excluding hydrogens is 342 g/mol. The molecule has 0 aliphatic carbocycles. The van der Waals surface area contributed by atoms with E-state index in [2.05, 4.69) is 56.6 Å². The molecular formula is C20H33N5O2. The normalized spacial score (nSPS) is 15.7. The molecule has 2 rings (SSSR count). The van der Waals surface area contributed by atoms with Gasteiger partial charge in [0.05, 0.1) is 13.2 Å². The van der Waals surface area contributed by atoms with Gasteiger partial charge in [-0.3, -0.25) is 14.7 Å². The average Bonchev–Trinajstić information content (AvgIpc) is 2.68. The zero-order valence-corrected chi connectivity index (χ0v) is 16.8. The third-order valence-corrected chi connectivity index (χ3v) is 4.70. The van der Waals surface area contributed by atoms with Gasteiger partial charge in [0.1, 0.15) is 0 Å². The van der Waals surface area contributed by atoms with Crippen LogP contribution in [0, 0.1) is 6.92 Å². The topological polar surface area (TPSA) is 69.2 Å². The Morgan fingerprint density at radius 3 is 2.44 bits per heavy atom. The van der Waals surface area contributed by atoms with Crippen LogP contribution in [0.2, 0.25) is 0 Å². The molecule has 1 amide bonds. The lowest BCUT2D eigenvalue weighted by molar-refractivity contribution is -0.122. The van der Waals surface area contributed by atoms with Gasteiger partial charge in [-0.05, 0) is 18.9 Å². The predicted molar refractivity (Wildman–Crippen MR) is 109 cm³/mol. The molecule has 1 aliphatic heterocycles. The van der Waals surface area contributed by atoms with Crippen LogP contribution >= 0.6 is 0 Å².